The Morgan fingerprint density at radius 1 is 1.30 bits per heavy atom. The van der Waals surface area contributed by atoms with Gasteiger partial charge in [0.1, 0.15) is 0 Å². The molecule has 112 valence electrons. The molecule has 0 bridgehead atoms. The Kier molecular flexibility index (Phi) is 4.81. The molecule has 20 heavy (non-hydrogen) atoms. The number of hydrogen-bond donors (Lipinski definition) is 2. The van der Waals surface area contributed by atoms with Crippen LogP contribution in [0.3, 0.4) is 0 Å². The Bertz CT molecular complexity index is 485. The van der Waals surface area contributed by atoms with Crippen LogP contribution >= 0.6 is 0 Å². The Labute approximate surface area is 115 Å². The van der Waals surface area contributed by atoms with Crippen LogP contribution in [0.25, 0.3) is 0 Å². The number of alkyl halides is 3. The number of aliphatic hydroxyl groups is 1. The van der Waals surface area contributed by atoms with Crippen molar-refractivity contribution in [2.24, 2.45) is 0 Å². The largest absolute Gasteiger partial charge is 0.479 e. The van der Waals surface area contributed by atoms with Gasteiger partial charge in [-0.3, -0.25) is 0 Å². The molecule has 1 aromatic rings. The highest BCUT2D eigenvalue weighted by molar-refractivity contribution is 5.78. The van der Waals surface area contributed by atoms with Crippen LogP contribution in [-0.2, 0) is 11.0 Å². The monoisotopic (exact) mass is 290 g/mol. The lowest BCUT2D eigenvalue weighted by molar-refractivity contribution is -0.162. The fourth-order valence-corrected chi connectivity index (χ4v) is 2.28. The maximum Gasteiger partial charge on any atom is 0.416 e. The molecule has 0 aliphatic rings. The van der Waals surface area contributed by atoms with Crippen molar-refractivity contribution in [1.29, 1.82) is 0 Å². The summed E-state index contributed by atoms with van der Waals surface area (Å²) in [6, 6.07) is 4.73. The van der Waals surface area contributed by atoms with Crippen molar-refractivity contribution in [3.05, 3.63) is 35.4 Å². The molecule has 0 heterocycles. The fourth-order valence-electron chi connectivity index (χ4n) is 2.28. The summed E-state index contributed by atoms with van der Waals surface area (Å²) in [7, 11) is 0. The van der Waals surface area contributed by atoms with Crippen LogP contribution in [0, 0.1) is 0 Å². The van der Waals surface area contributed by atoms with Gasteiger partial charge < -0.3 is 10.2 Å². The van der Waals surface area contributed by atoms with Crippen molar-refractivity contribution in [2.75, 3.05) is 0 Å². The first-order valence-corrected chi connectivity index (χ1v) is 6.26. The zero-order chi connectivity index (χ0) is 15.6. The summed E-state index contributed by atoms with van der Waals surface area (Å²) < 4.78 is 38.9. The Morgan fingerprint density at radius 3 is 2.30 bits per heavy atom. The molecule has 0 aromatic heterocycles. The van der Waals surface area contributed by atoms with Gasteiger partial charge in [-0.25, -0.2) is 4.79 Å². The van der Waals surface area contributed by atoms with Crippen LogP contribution in [0.4, 0.5) is 13.2 Å². The minimum atomic E-state index is -4.59. The molecule has 0 spiro atoms. The van der Waals surface area contributed by atoms with E-state index in [0.29, 0.717) is 6.42 Å². The van der Waals surface area contributed by atoms with Gasteiger partial charge in [0.2, 0.25) is 0 Å². The second-order valence-electron chi connectivity index (χ2n) is 4.79. The van der Waals surface area contributed by atoms with E-state index in [1.807, 2.05) is 0 Å². The zero-order valence-electron chi connectivity index (χ0n) is 11.2. The molecule has 0 saturated heterocycles. The Hall–Kier alpha value is -1.56. The van der Waals surface area contributed by atoms with Gasteiger partial charge in [-0.15, -0.1) is 0 Å². The maximum atomic E-state index is 13.0. The summed E-state index contributed by atoms with van der Waals surface area (Å²) in [5.41, 5.74) is -3.34. The van der Waals surface area contributed by atoms with Gasteiger partial charge >= 0.3 is 12.1 Å². The summed E-state index contributed by atoms with van der Waals surface area (Å²) in [5.74, 6) is -2.68. The first-order chi connectivity index (χ1) is 9.14. The van der Waals surface area contributed by atoms with Crippen LogP contribution in [-0.4, -0.2) is 21.8 Å². The topological polar surface area (TPSA) is 57.5 Å². The lowest BCUT2D eigenvalue weighted by atomic mass is 9.78. The summed E-state index contributed by atoms with van der Waals surface area (Å²) in [6.07, 6.45) is -4.35. The highest BCUT2D eigenvalue weighted by atomic mass is 19.4. The van der Waals surface area contributed by atoms with Crippen LogP contribution in [0.5, 0.6) is 0 Å². The molecule has 3 nitrogen and oxygen atoms in total. The molecule has 0 radical (unpaired) electrons. The van der Waals surface area contributed by atoms with E-state index in [1.54, 1.807) is 6.92 Å². The average Bonchev–Trinajstić information content (AvgIpc) is 2.36. The number of carboxylic acid groups (broad SMARTS) is 1. The Balaban J connectivity index is 3.33. The number of halogens is 3. The van der Waals surface area contributed by atoms with Crippen molar-refractivity contribution < 1.29 is 28.2 Å². The third-order valence-corrected chi connectivity index (χ3v) is 3.45. The highest BCUT2D eigenvalue weighted by Gasteiger charge is 2.45. The molecule has 0 aliphatic heterocycles. The molecular formula is C14H17F3O3. The summed E-state index contributed by atoms with van der Waals surface area (Å²) in [5, 5.41) is 19.4. The van der Waals surface area contributed by atoms with Gasteiger partial charge in [0.25, 0.3) is 0 Å². The van der Waals surface area contributed by atoms with Gasteiger partial charge in [-0.05, 0) is 18.1 Å². The average molecular weight is 290 g/mol. The first-order valence-electron chi connectivity index (χ1n) is 6.26. The summed E-state index contributed by atoms with van der Waals surface area (Å²) >= 11 is 0. The highest BCUT2D eigenvalue weighted by Crippen LogP contribution is 2.40. The van der Waals surface area contributed by atoms with Gasteiger partial charge in [0.05, 0.1) is 5.56 Å². The molecule has 2 N–H and O–H groups in total. The second kappa shape index (κ2) is 5.83. The smallest absolute Gasteiger partial charge is 0.416 e. The van der Waals surface area contributed by atoms with E-state index >= 15 is 0 Å². The molecule has 0 saturated carbocycles. The number of carbonyl (C=O) groups is 1. The molecule has 1 aromatic carbocycles. The standard InChI is InChI=1S/C14H17F3O3/c1-3-8-13(20,12(18)19)9(2)10-6-4-5-7-11(10)14(15,16)17/h4-7,9,20H,3,8H2,1-2H3,(H,18,19). The van der Waals surface area contributed by atoms with Crippen LogP contribution in [0.1, 0.15) is 43.7 Å². The van der Waals surface area contributed by atoms with Crippen LogP contribution in [0.15, 0.2) is 24.3 Å². The molecule has 0 aliphatic carbocycles. The van der Waals surface area contributed by atoms with E-state index in [0.717, 1.165) is 6.07 Å². The maximum absolute atomic E-state index is 13.0. The van der Waals surface area contributed by atoms with E-state index in [9.17, 15) is 23.1 Å². The molecule has 1 rings (SSSR count). The van der Waals surface area contributed by atoms with Crippen molar-refractivity contribution >= 4 is 5.97 Å². The van der Waals surface area contributed by atoms with E-state index in [-0.39, 0.29) is 12.0 Å². The fraction of sp³-hybridized carbons (Fsp3) is 0.500. The number of aliphatic carboxylic acids is 1. The third-order valence-electron chi connectivity index (χ3n) is 3.45. The lowest BCUT2D eigenvalue weighted by Crippen LogP contribution is -2.44. The van der Waals surface area contributed by atoms with Crippen molar-refractivity contribution in [2.45, 2.75) is 44.4 Å². The normalized spacial score (nSPS) is 16.5. The van der Waals surface area contributed by atoms with Gasteiger partial charge in [-0.1, -0.05) is 38.5 Å². The predicted octanol–water partition coefficient (Wildman–Crippen LogP) is 3.42. The second-order valence-corrected chi connectivity index (χ2v) is 4.79. The third kappa shape index (κ3) is 3.12. The molecule has 2 unspecified atom stereocenters. The summed E-state index contributed by atoms with van der Waals surface area (Å²) in [6.45, 7) is 2.96. The van der Waals surface area contributed by atoms with Crippen LogP contribution < -0.4 is 0 Å². The van der Waals surface area contributed by atoms with Crippen molar-refractivity contribution in [1.82, 2.24) is 0 Å². The van der Waals surface area contributed by atoms with E-state index in [4.69, 9.17) is 5.11 Å². The van der Waals surface area contributed by atoms with E-state index in [2.05, 4.69) is 0 Å². The van der Waals surface area contributed by atoms with Gasteiger partial charge in [-0.2, -0.15) is 13.2 Å². The lowest BCUT2D eigenvalue weighted by Gasteiger charge is -2.31. The minimum absolute atomic E-state index is 0.115. The van der Waals surface area contributed by atoms with Crippen LogP contribution in [0.2, 0.25) is 0 Å². The molecule has 6 heteroatoms. The number of benzene rings is 1. The number of rotatable bonds is 5. The molecular weight excluding hydrogens is 273 g/mol. The Morgan fingerprint density at radius 2 is 1.85 bits per heavy atom. The number of hydrogen-bond acceptors (Lipinski definition) is 2. The predicted molar refractivity (Wildman–Crippen MR) is 67.4 cm³/mol. The molecule has 2 atom stereocenters. The summed E-state index contributed by atoms with van der Waals surface area (Å²) in [4.78, 5) is 11.3. The van der Waals surface area contributed by atoms with Gasteiger partial charge in [0.15, 0.2) is 5.60 Å². The zero-order valence-corrected chi connectivity index (χ0v) is 11.2. The van der Waals surface area contributed by atoms with Crippen molar-refractivity contribution in [3.8, 4) is 0 Å². The quantitative estimate of drug-likeness (QED) is 0.873. The number of carboxylic acids is 1. The van der Waals surface area contributed by atoms with Crippen molar-refractivity contribution in [3.63, 3.8) is 0 Å². The molecule has 0 amide bonds. The van der Waals surface area contributed by atoms with Gasteiger partial charge in [0, 0.05) is 5.92 Å². The van der Waals surface area contributed by atoms with E-state index in [1.165, 1.54) is 25.1 Å². The first kappa shape index (κ1) is 16.5. The SMILES string of the molecule is CCCC(O)(C(=O)O)C(C)c1ccccc1C(F)(F)F. The van der Waals surface area contributed by atoms with E-state index < -0.39 is 29.2 Å². The molecule has 0 fully saturated rings. The minimum Gasteiger partial charge on any atom is -0.479 e.